The van der Waals surface area contributed by atoms with Gasteiger partial charge < -0.3 is 5.32 Å². The summed E-state index contributed by atoms with van der Waals surface area (Å²) >= 11 is 1.81. The van der Waals surface area contributed by atoms with E-state index in [2.05, 4.69) is 37.9 Å². The molecular weight excluding hydrogens is 399 g/mol. The normalized spacial score (nSPS) is 20.3. The molecule has 1 atom stereocenters. The van der Waals surface area contributed by atoms with Crippen molar-refractivity contribution in [1.29, 1.82) is 0 Å². The summed E-state index contributed by atoms with van der Waals surface area (Å²) in [5.74, 6) is 0.546. The Kier molecular flexibility index (Phi) is 5.28. The number of aromatic nitrogens is 3. The number of nitrogens with one attached hydrogen (secondary N) is 1. The Morgan fingerprint density at radius 3 is 2.60 bits per heavy atom. The fourth-order valence-electron chi connectivity index (χ4n) is 3.97. The summed E-state index contributed by atoms with van der Waals surface area (Å²) in [6.45, 7) is 4.20. The predicted molar refractivity (Wildman–Crippen MR) is 120 cm³/mol. The number of benzene rings is 1. The smallest absolute Gasteiger partial charge is 0.147 e. The first-order valence-corrected chi connectivity index (χ1v) is 11.2. The second-order valence-corrected chi connectivity index (χ2v) is 8.21. The van der Waals surface area contributed by atoms with E-state index in [0.29, 0.717) is 0 Å². The maximum atomic E-state index is 13.5. The van der Waals surface area contributed by atoms with Gasteiger partial charge in [0.1, 0.15) is 11.6 Å². The Morgan fingerprint density at radius 2 is 1.90 bits per heavy atom. The quantitative estimate of drug-likeness (QED) is 0.652. The van der Waals surface area contributed by atoms with E-state index < -0.39 is 0 Å². The molecule has 0 radical (unpaired) electrons. The lowest BCUT2D eigenvalue weighted by molar-refractivity contribution is 0.154. The molecule has 2 aromatic heterocycles. The molecule has 1 unspecified atom stereocenters. The summed E-state index contributed by atoms with van der Waals surface area (Å²) in [5.41, 5.74) is 3.58. The van der Waals surface area contributed by atoms with Crippen LogP contribution in [0.2, 0.25) is 0 Å². The minimum atomic E-state index is -0.259. The first-order chi connectivity index (χ1) is 14.7. The zero-order valence-corrected chi connectivity index (χ0v) is 17.5. The Labute approximate surface area is 179 Å². The summed E-state index contributed by atoms with van der Waals surface area (Å²) in [6, 6.07) is 8.36. The Balaban J connectivity index is 1.44. The van der Waals surface area contributed by atoms with Crippen LogP contribution in [0.1, 0.15) is 5.82 Å². The number of dihydropyridines is 1. The van der Waals surface area contributed by atoms with Gasteiger partial charge in [-0.25, -0.2) is 13.7 Å². The van der Waals surface area contributed by atoms with Crippen molar-refractivity contribution in [1.82, 2.24) is 29.1 Å². The second kappa shape index (κ2) is 8.22. The number of halogens is 1. The van der Waals surface area contributed by atoms with Gasteiger partial charge in [-0.15, -0.1) is 0 Å². The summed E-state index contributed by atoms with van der Waals surface area (Å²) < 4.78 is 17.9. The molecule has 30 heavy (non-hydrogen) atoms. The van der Waals surface area contributed by atoms with Crippen molar-refractivity contribution >= 4 is 28.6 Å². The van der Waals surface area contributed by atoms with Crippen LogP contribution in [-0.4, -0.2) is 62.3 Å². The SMILES string of the molecule is CSN1CCN(C2C=CC(c3nc4ccncc4n3-c3ccc(F)cc3)=CN2)CC1. The van der Waals surface area contributed by atoms with Crippen molar-refractivity contribution in [3.63, 3.8) is 0 Å². The molecule has 0 saturated carbocycles. The number of nitrogens with zero attached hydrogens (tertiary/aromatic N) is 5. The molecule has 1 fully saturated rings. The fraction of sp³-hybridized carbons (Fsp3) is 0.273. The third-order valence-corrected chi connectivity index (χ3v) is 6.47. The Hall–Kier alpha value is -2.68. The molecule has 1 N–H and O–H groups in total. The number of piperazine rings is 1. The molecule has 4 heterocycles. The van der Waals surface area contributed by atoms with Crippen LogP contribution < -0.4 is 5.32 Å². The molecule has 1 saturated heterocycles. The number of allylic oxidation sites excluding steroid dienone is 2. The number of rotatable bonds is 4. The monoisotopic (exact) mass is 422 g/mol. The lowest BCUT2D eigenvalue weighted by Crippen LogP contribution is -2.52. The molecule has 6 nitrogen and oxygen atoms in total. The van der Waals surface area contributed by atoms with Crippen LogP contribution >= 0.6 is 11.9 Å². The number of imidazole rings is 1. The summed E-state index contributed by atoms with van der Waals surface area (Å²) in [5, 5.41) is 3.53. The van der Waals surface area contributed by atoms with Crippen LogP contribution in [0.3, 0.4) is 0 Å². The highest BCUT2D eigenvalue weighted by molar-refractivity contribution is 7.96. The van der Waals surface area contributed by atoms with Crippen molar-refractivity contribution < 1.29 is 4.39 Å². The third-order valence-electron chi connectivity index (χ3n) is 5.59. The lowest BCUT2D eigenvalue weighted by Gasteiger charge is -2.38. The molecule has 2 aliphatic rings. The highest BCUT2D eigenvalue weighted by atomic mass is 32.2. The summed E-state index contributed by atoms with van der Waals surface area (Å²) in [6.07, 6.45) is 12.2. The molecule has 0 amide bonds. The van der Waals surface area contributed by atoms with E-state index in [4.69, 9.17) is 4.98 Å². The molecular formula is C22H23FN6S. The average Bonchev–Trinajstić information content (AvgIpc) is 3.19. The molecule has 0 bridgehead atoms. The lowest BCUT2D eigenvalue weighted by atomic mass is 10.1. The first kappa shape index (κ1) is 19.3. The van der Waals surface area contributed by atoms with Crippen molar-refractivity contribution in [2.75, 3.05) is 32.4 Å². The Morgan fingerprint density at radius 1 is 1.10 bits per heavy atom. The largest absolute Gasteiger partial charge is 0.372 e. The number of fused-ring (bicyclic) bond motifs is 1. The fourth-order valence-corrected chi connectivity index (χ4v) is 4.50. The van der Waals surface area contributed by atoms with Crippen LogP contribution in [0.25, 0.3) is 22.3 Å². The van der Waals surface area contributed by atoms with Crippen LogP contribution in [0.4, 0.5) is 4.39 Å². The van der Waals surface area contributed by atoms with Gasteiger partial charge in [0, 0.05) is 49.8 Å². The van der Waals surface area contributed by atoms with Crippen molar-refractivity contribution in [2.45, 2.75) is 6.17 Å². The van der Waals surface area contributed by atoms with Gasteiger partial charge in [0.25, 0.3) is 0 Å². The van der Waals surface area contributed by atoms with Crippen molar-refractivity contribution in [2.24, 2.45) is 0 Å². The van der Waals surface area contributed by atoms with Gasteiger partial charge in [-0.1, -0.05) is 18.0 Å². The third kappa shape index (κ3) is 3.62. The molecule has 1 aromatic carbocycles. The minimum Gasteiger partial charge on any atom is -0.372 e. The highest BCUT2D eigenvalue weighted by Gasteiger charge is 2.24. The topological polar surface area (TPSA) is 49.2 Å². The number of hydrogen-bond donors (Lipinski definition) is 1. The van der Waals surface area contributed by atoms with E-state index >= 15 is 0 Å². The standard InChI is InChI=1S/C22H23FN6S/c1-30-28-12-10-27(11-13-28)21-7-2-16(14-25-21)22-26-19-8-9-24-15-20(19)29(22)18-5-3-17(23)4-6-18/h2-9,14-15,21,25H,10-13H2,1H3. The number of hydrogen-bond acceptors (Lipinski definition) is 6. The van der Waals surface area contributed by atoms with E-state index in [-0.39, 0.29) is 12.0 Å². The molecule has 8 heteroatoms. The maximum absolute atomic E-state index is 13.5. The molecule has 3 aromatic rings. The minimum absolute atomic E-state index is 0.183. The molecule has 0 aliphatic carbocycles. The molecule has 154 valence electrons. The van der Waals surface area contributed by atoms with E-state index in [0.717, 1.165) is 54.3 Å². The van der Waals surface area contributed by atoms with Crippen LogP contribution in [0.15, 0.2) is 61.1 Å². The highest BCUT2D eigenvalue weighted by Crippen LogP contribution is 2.27. The average molecular weight is 423 g/mol. The van der Waals surface area contributed by atoms with E-state index in [9.17, 15) is 4.39 Å². The van der Waals surface area contributed by atoms with Gasteiger partial charge in [0.2, 0.25) is 0 Å². The molecule has 0 spiro atoms. The first-order valence-electron chi connectivity index (χ1n) is 9.99. The number of pyridine rings is 1. The summed E-state index contributed by atoms with van der Waals surface area (Å²) in [7, 11) is 0. The van der Waals surface area contributed by atoms with Crippen LogP contribution in [0, 0.1) is 5.82 Å². The van der Waals surface area contributed by atoms with E-state index in [1.165, 1.54) is 12.1 Å². The summed E-state index contributed by atoms with van der Waals surface area (Å²) in [4.78, 5) is 11.5. The van der Waals surface area contributed by atoms with Gasteiger partial charge in [-0.2, -0.15) is 0 Å². The predicted octanol–water partition coefficient (Wildman–Crippen LogP) is 3.28. The van der Waals surface area contributed by atoms with Gasteiger partial charge in [-0.3, -0.25) is 14.5 Å². The van der Waals surface area contributed by atoms with Gasteiger partial charge >= 0.3 is 0 Å². The zero-order chi connectivity index (χ0) is 20.5. The van der Waals surface area contributed by atoms with E-state index in [1.807, 2.05) is 28.8 Å². The van der Waals surface area contributed by atoms with Crippen LogP contribution in [0.5, 0.6) is 0 Å². The van der Waals surface area contributed by atoms with Gasteiger partial charge in [-0.05, 0) is 42.7 Å². The van der Waals surface area contributed by atoms with Gasteiger partial charge in [0.15, 0.2) is 0 Å². The van der Waals surface area contributed by atoms with E-state index in [1.54, 1.807) is 24.5 Å². The molecule has 2 aliphatic heterocycles. The molecule has 5 rings (SSSR count). The van der Waals surface area contributed by atoms with Crippen molar-refractivity contribution in [3.8, 4) is 5.69 Å². The van der Waals surface area contributed by atoms with Gasteiger partial charge in [0.05, 0.1) is 23.4 Å². The zero-order valence-electron chi connectivity index (χ0n) is 16.7. The Bertz CT molecular complexity index is 1100. The van der Waals surface area contributed by atoms with Crippen molar-refractivity contribution in [3.05, 3.63) is 72.7 Å². The second-order valence-electron chi connectivity index (χ2n) is 7.33. The van der Waals surface area contributed by atoms with Crippen LogP contribution in [-0.2, 0) is 0 Å². The maximum Gasteiger partial charge on any atom is 0.147 e.